The lowest BCUT2D eigenvalue weighted by molar-refractivity contribution is 0.501. The zero-order valence-electron chi connectivity index (χ0n) is 6.31. The molecule has 0 saturated heterocycles. The molecule has 0 aliphatic carbocycles. The van der Waals surface area contributed by atoms with E-state index in [2.05, 4.69) is 15.7 Å². The molecule has 0 spiro atoms. The lowest BCUT2D eigenvalue weighted by Crippen LogP contribution is -1.77. The van der Waals surface area contributed by atoms with Crippen LogP contribution in [0.5, 0.6) is 0 Å². The number of aromatic nitrogens is 1. The van der Waals surface area contributed by atoms with Gasteiger partial charge in [0.1, 0.15) is 0 Å². The van der Waals surface area contributed by atoms with E-state index in [9.17, 15) is 0 Å². The molecule has 1 aromatic heterocycles. The summed E-state index contributed by atoms with van der Waals surface area (Å²) in [5.74, 6) is 0. The van der Waals surface area contributed by atoms with Crippen LogP contribution in [0.3, 0.4) is 0 Å². The fourth-order valence-corrected chi connectivity index (χ4v) is 0.448. The first-order valence-electron chi connectivity index (χ1n) is 2.94. The molecular formula is C6H8ClNO3S. The van der Waals surface area contributed by atoms with Gasteiger partial charge in [-0.2, -0.15) is 8.42 Å². The molecule has 0 aliphatic heterocycles. The summed E-state index contributed by atoms with van der Waals surface area (Å²) in [5.41, 5.74) is 1.07. The Morgan fingerprint density at radius 3 is 2.17 bits per heavy atom. The van der Waals surface area contributed by atoms with E-state index < -0.39 is 9.33 Å². The van der Waals surface area contributed by atoms with Crippen molar-refractivity contribution < 1.29 is 13.0 Å². The van der Waals surface area contributed by atoms with Gasteiger partial charge >= 0.3 is 9.33 Å². The molecule has 1 heterocycles. The Hall–Kier alpha value is -0.650. The van der Waals surface area contributed by atoms with Gasteiger partial charge in [0, 0.05) is 22.6 Å². The first kappa shape index (κ1) is 11.4. The van der Waals surface area contributed by atoms with Crippen molar-refractivity contribution in [3.05, 3.63) is 30.1 Å². The number of hydrogen-bond acceptors (Lipinski definition) is 3. The highest BCUT2D eigenvalue weighted by Gasteiger charge is 1.86. The van der Waals surface area contributed by atoms with Gasteiger partial charge in [-0.3, -0.25) is 9.54 Å². The normalized spacial score (nSPS) is 9.92. The molecule has 0 unspecified atom stereocenters. The van der Waals surface area contributed by atoms with Crippen molar-refractivity contribution in [3.8, 4) is 0 Å². The molecule has 0 bridgehead atoms. The molecule has 12 heavy (non-hydrogen) atoms. The topological polar surface area (TPSA) is 67.3 Å². The summed E-state index contributed by atoms with van der Waals surface area (Å²) in [6, 6.07) is 5.86. The molecule has 68 valence electrons. The van der Waals surface area contributed by atoms with Gasteiger partial charge < -0.3 is 0 Å². The molecule has 0 amide bonds. The third kappa shape index (κ3) is 12.1. The number of nitrogens with zero attached hydrogens (tertiary/aromatic N) is 1. The van der Waals surface area contributed by atoms with Crippen LogP contribution in [0.2, 0.25) is 0 Å². The number of hydrogen-bond donors (Lipinski definition) is 1. The van der Waals surface area contributed by atoms with Gasteiger partial charge in [-0.25, -0.2) is 0 Å². The monoisotopic (exact) mass is 209 g/mol. The van der Waals surface area contributed by atoms with E-state index in [1.54, 1.807) is 6.20 Å². The van der Waals surface area contributed by atoms with Gasteiger partial charge in [0.25, 0.3) is 0 Å². The minimum atomic E-state index is -4.19. The summed E-state index contributed by atoms with van der Waals surface area (Å²) in [5, 5.41) is 0. The summed E-state index contributed by atoms with van der Waals surface area (Å²) in [4.78, 5) is 3.98. The van der Waals surface area contributed by atoms with Crippen LogP contribution in [0.4, 0.5) is 0 Å². The highest BCUT2D eigenvalue weighted by Crippen LogP contribution is 1.86. The largest absolute Gasteiger partial charge is 0.353 e. The smallest absolute Gasteiger partial charge is 0.273 e. The minimum Gasteiger partial charge on any atom is -0.273 e. The van der Waals surface area contributed by atoms with Gasteiger partial charge in [0.2, 0.25) is 0 Å². The Labute approximate surface area is 75.5 Å². The Balaban J connectivity index is 0.000000217. The highest BCUT2D eigenvalue weighted by atomic mass is 35.7. The van der Waals surface area contributed by atoms with E-state index in [-0.39, 0.29) is 0 Å². The summed E-state index contributed by atoms with van der Waals surface area (Å²) >= 11 is 0. The fourth-order valence-electron chi connectivity index (χ4n) is 0.448. The van der Waals surface area contributed by atoms with Crippen LogP contribution < -0.4 is 0 Å². The third-order valence-corrected chi connectivity index (χ3v) is 0.813. The first-order chi connectivity index (χ1) is 5.39. The lowest BCUT2D eigenvalue weighted by atomic mass is 10.4. The van der Waals surface area contributed by atoms with Crippen molar-refractivity contribution in [1.82, 2.24) is 4.98 Å². The van der Waals surface area contributed by atoms with Crippen LogP contribution >= 0.6 is 10.7 Å². The van der Waals surface area contributed by atoms with Crippen molar-refractivity contribution in [2.75, 3.05) is 0 Å². The molecule has 6 heteroatoms. The van der Waals surface area contributed by atoms with E-state index in [0.717, 1.165) is 5.69 Å². The van der Waals surface area contributed by atoms with E-state index in [1.807, 2.05) is 25.1 Å². The van der Waals surface area contributed by atoms with Crippen molar-refractivity contribution >= 4 is 20.0 Å². The van der Waals surface area contributed by atoms with E-state index >= 15 is 0 Å². The zero-order valence-corrected chi connectivity index (χ0v) is 7.88. The van der Waals surface area contributed by atoms with Crippen molar-refractivity contribution in [1.29, 1.82) is 0 Å². The molecule has 0 radical (unpaired) electrons. The predicted molar refractivity (Wildman–Crippen MR) is 46.4 cm³/mol. The molecule has 1 aromatic rings. The summed E-state index contributed by atoms with van der Waals surface area (Å²) in [7, 11) is -0.137. The molecule has 0 fully saturated rings. The van der Waals surface area contributed by atoms with Crippen LogP contribution in [0.25, 0.3) is 0 Å². The van der Waals surface area contributed by atoms with Gasteiger partial charge in [-0.1, -0.05) is 6.07 Å². The van der Waals surface area contributed by atoms with Crippen LogP contribution in [0, 0.1) is 6.92 Å². The lowest BCUT2D eigenvalue weighted by Gasteiger charge is -1.82. The van der Waals surface area contributed by atoms with Crippen molar-refractivity contribution in [3.63, 3.8) is 0 Å². The van der Waals surface area contributed by atoms with E-state index in [0.29, 0.717) is 0 Å². The van der Waals surface area contributed by atoms with Crippen molar-refractivity contribution in [2.45, 2.75) is 6.92 Å². The maximum Gasteiger partial charge on any atom is 0.353 e. The van der Waals surface area contributed by atoms with E-state index in [1.165, 1.54) is 0 Å². The molecular weight excluding hydrogens is 202 g/mol. The molecule has 0 saturated carbocycles. The fraction of sp³-hybridized carbons (Fsp3) is 0.167. The second kappa shape index (κ2) is 5.08. The Bertz CT molecular complexity index is 303. The second-order valence-electron chi connectivity index (χ2n) is 1.88. The third-order valence-electron chi connectivity index (χ3n) is 0.813. The minimum absolute atomic E-state index is 1.07. The van der Waals surface area contributed by atoms with Gasteiger partial charge in [0.05, 0.1) is 0 Å². The average Bonchev–Trinajstić information content (AvgIpc) is 1.85. The van der Waals surface area contributed by atoms with Crippen molar-refractivity contribution in [2.24, 2.45) is 0 Å². The molecule has 0 atom stereocenters. The molecule has 4 nitrogen and oxygen atoms in total. The van der Waals surface area contributed by atoms with Crippen LogP contribution in [0.15, 0.2) is 24.4 Å². The van der Waals surface area contributed by atoms with Gasteiger partial charge in [0.15, 0.2) is 0 Å². The van der Waals surface area contributed by atoms with Crippen LogP contribution in [0.1, 0.15) is 5.69 Å². The highest BCUT2D eigenvalue weighted by molar-refractivity contribution is 8.09. The molecule has 1 rings (SSSR count). The summed E-state index contributed by atoms with van der Waals surface area (Å²) < 4.78 is 25.2. The van der Waals surface area contributed by atoms with Gasteiger partial charge in [-0.05, 0) is 19.1 Å². The number of aryl methyl sites for hydroxylation is 1. The summed E-state index contributed by atoms with van der Waals surface area (Å²) in [6.45, 7) is 1.97. The first-order valence-corrected chi connectivity index (χ1v) is 5.21. The number of halogens is 1. The quantitative estimate of drug-likeness (QED) is 0.518. The number of pyridine rings is 1. The SMILES string of the molecule is Cc1ccccn1.O=S(=O)(O)Cl. The molecule has 1 N–H and O–H groups in total. The maximum atomic E-state index is 8.95. The molecule has 0 aromatic carbocycles. The predicted octanol–water partition coefficient (Wildman–Crippen LogP) is 1.42. The standard InChI is InChI=1S/C6H7N.ClHO3S/c1-6-4-2-3-5-7-6;1-5(2,3)4/h2-5H,1H3;(H,2,3,4). The number of rotatable bonds is 0. The van der Waals surface area contributed by atoms with Crippen LogP contribution in [-0.2, 0) is 9.33 Å². The average molecular weight is 210 g/mol. The molecule has 0 aliphatic rings. The second-order valence-corrected chi connectivity index (χ2v) is 3.88. The maximum absolute atomic E-state index is 8.95. The Morgan fingerprint density at radius 2 is 2.00 bits per heavy atom. The van der Waals surface area contributed by atoms with Gasteiger partial charge in [-0.15, -0.1) is 0 Å². The Kier molecular flexibility index (Phi) is 4.80. The van der Waals surface area contributed by atoms with Crippen LogP contribution in [-0.4, -0.2) is 18.0 Å². The zero-order chi connectivity index (χ0) is 9.61. The van der Waals surface area contributed by atoms with E-state index in [4.69, 9.17) is 13.0 Å². The Morgan fingerprint density at radius 1 is 1.50 bits per heavy atom. The summed E-state index contributed by atoms with van der Waals surface area (Å²) in [6.07, 6.45) is 1.79.